The van der Waals surface area contributed by atoms with Crippen LogP contribution in [0.2, 0.25) is 5.04 Å². The summed E-state index contributed by atoms with van der Waals surface area (Å²) in [5.41, 5.74) is 2.00. The Labute approximate surface area is 246 Å². The van der Waals surface area contributed by atoms with E-state index in [-0.39, 0.29) is 29.7 Å². The molecule has 0 bridgehead atoms. The molecule has 7 heteroatoms. The van der Waals surface area contributed by atoms with Crippen LogP contribution in [0, 0.1) is 0 Å². The lowest BCUT2D eigenvalue weighted by Gasteiger charge is -2.43. The Balaban J connectivity index is 1.63. The van der Waals surface area contributed by atoms with E-state index in [2.05, 4.69) is 45.0 Å². The van der Waals surface area contributed by atoms with Crippen LogP contribution < -0.4 is 10.4 Å². The van der Waals surface area contributed by atoms with Gasteiger partial charge in [0.25, 0.3) is 8.32 Å². The average molecular weight is 588 g/mol. The minimum Gasteiger partial charge on any atom is -0.406 e. The zero-order valence-electron chi connectivity index (χ0n) is 24.2. The molecule has 5 nitrogen and oxygen atoms in total. The van der Waals surface area contributed by atoms with Crippen LogP contribution in [-0.4, -0.2) is 52.5 Å². The van der Waals surface area contributed by atoms with Crippen LogP contribution in [-0.2, 0) is 14.4 Å². The molecule has 0 spiro atoms. The van der Waals surface area contributed by atoms with Crippen LogP contribution in [0.15, 0.2) is 120 Å². The summed E-state index contributed by atoms with van der Waals surface area (Å²) < 4.78 is 36.3. The van der Waals surface area contributed by atoms with Gasteiger partial charge in [-0.05, 0) is 51.5 Å². The summed E-state index contributed by atoms with van der Waals surface area (Å²) in [5, 5.41) is 11.5. The number of aliphatic hydroxyl groups excluding tert-OH is 1. The molecule has 0 aliphatic heterocycles. The Morgan fingerprint density at radius 2 is 1.17 bits per heavy atom. The lowest BCUT2D eigenvalue weighted by atomic mass is 10.1. The highest BCUT2D eigenvalue weighted by Crippen LogP contribution is 2.36. The van der Waals surface area contributed by atoms with Crippen LogP contribution in [0.25, 0.3) is 11.1 Å². The van der Waals surface area contributed by atoms with Gasteiger partial charge in [-0.1, -0.05) is 124 Å². The Bertz CT molecular complexity index is 1420. The molecule has 0 heterocycles. The van der Waals surface area contributed by atoms with E-state index >= 15 is 0 Å². The van der Waals surface area contributed by atoms with Crippen LogP contribution >= 0.6 is 0 Å². The maximum Gasteiger partial charge on any atom is 0.261 e. The van der Waals surface area contributed by atoms with Gasteiger partial charge < -0.3 is 9.53 Å². The number of unbranched alkanes of at least 4 members (excludes halogenated alkanes) is 1. The minimum absolute atomic E-state index is 0.0260. The molecule has 0 unspecified atom stereocenters. The lowest BCUT2D eigenvalue weighted by molar-refractivity contribution is 0.247. The predicted molar refractivity (Wildman–Crippen MR) is 171 cm³/mol. The second-order valence-corrected chi connectivity index (χ2v) is 17.5. The molecule has 4 aromatic rings. The van der Waals surface area contributed by atoms with Gasteiger partial charge in [-0.2, -0.15) is 4.31 Å². The summed E-state index contributed by atoms with van der Waals surface area (Å²) >= 11 is 0. The lowest BCUT2D eigenvalue weighted by Crippen LogP contribution is -2.67. The molecule has 4 aromatic carbocycles. The van der Waals surface area contributed by atoms with Crippen molar-refractivity contribution >= 4 is 28.7 Å². The van der Waals surface area contributed by atoms with Crippen molar-refractivity contribution in [3.8, 4) is 11.1 Å². The second-order valence-electron chi connectivity index (χ2n) is 11.2. The molecule has 0 atom stereocenters. The van der Waals surface area contributed by atoms with E-state index in [0.717, 1.165) is 21.5 Å². The topological polar surface area (TPSA) is 66.8 Å². The fourth-order valence-corrected chi connectivity index (χ4v) is 11.4. The highest BCUT2D eigenvalue weighted by Gasteiger charge is 2.50. The van der Waals surface area contributed by atoms with Crippen molar-refractivity contribution in [3.63, 3.8) is 0 Å². The van der Waals surface area contributed by atoms with E-state index in [4.69, 9.17) is 4.43 Å². The molecular weight excluding hydrogens is 547 g/mol. The van der Waals surface area contributed by atoms with Crippen molar-refractivity contribution in [1.29, 1.82) is 0 Å². The second kappa shape index (κ2) is 13.7. The number of aliphatic hydroxyl groups is 1. The Morgan fingerprint density at radius 3 is 1.66 bits per heavy atom. The first-order chi connectivity index (χ1) is 19.7. The molecule has 0 fully saturated rings. The molecule has 4 rings (SSSR count). The first-order valence-corrected chi connectivity index (χ1v) is 17.6. The number of sulfonamides is 1. The van der Waals surface area contributed by atoms with Gasteiger partial charge >= 0.3 is 0 Å². The van der Waals surface area contributed by atoms with Gasteiger partial charge in [-0.25, -0.2) is 8.42 Å². The van der Waals surface area contributed by atoms with Gasteiger partial charge in [0.05, 0.1) is 4.90 Å². The van der Waals surface area contributed by atoms with Crippen molar-refractivity contribution < 1.29 is 18.0 Å². The quantitative estimate of drug-likeness (QED) is 0.161. The average Bonchev–Trinajstić information content (AvgIpc) is 2.99. The van der Waals surface area contributed by atoms with E-state index in [1.54, 1.807) is 12.1 Å². The third kappa shape index (κ3) is 7.05. The van der Waals surface area contributed by atoms with Gasteiger partial charge in [0.1, 0.15) is 0 Å². The third-order valence-electron chi connectivity index (χ3n) is 7.49. The number of rotatable bonds is 13. The monoisotopic (exact) mass is 587 g/mol. The van der Waals surface area contributed by atoms with Crippen molar-refractivity contribution in [2.75, 3.05) is 26.3 Å². The summed E-state index contributed by atoms with van der Waals surface area (Å²) in [4.78, 5) is 0.256. The fourth-order valence-electron chi connectivity index (χ4n) is 5.41. The molecule has 0 saturated carbocycles. The molecule has 0 aliphatic rings. The number of hydrogen-bond donors (Lipinski definition) is 1. The third-order valence-corrected chi connectivity index (χ3v) is 14.4. The summed E-state index contributed by atoms with van der Waals surface area (Å²) in [6.07, 6.45) is 1.10. The van der Waals surface area contributed by atoms with Crippen LogP contribution in [0.5, 0.6) is 0 Å². The van der Waals surface area contributed by atoms with E-state index in [9.17, 15) is 13.5 Å². The van der Waals surface area contributed by atoms with E-state index < -0.39 is 18.3 Å². The zero-order valence-corrected chi connectivity index (χ0v) is 26.1. The van der Waals surface area contributed by atoms with Crippen molar-refractivity contribution in [1.82, 2.24) is 4.31 Å². The van der Waals surface area contributed by atoms with Gasteiger partial charge in [0.15, 0.2) is 0 Å². The van der Waals surface area contributed by atoms with Crippen molar-refractivity contribution in [3.05, 3.63) is 115 Å². The molecular formula is C34H41NO4SSi. The van der Waals surface area contributed by atoms with Gasteiger partial charge in [-0.3, -0.25) is 0 Å². The first kappa shape index (κ1) is 30.9. The largest absolute Gasteiger partial charge is 0.406 e. The number of nitrogens with zero attached hydrogens (tertiary/aromatic N) is 1. The zero-order chi connectivity index (χ0) is 29.3. The van der Waals surface area contributed by atoms with Crippen molar-refractivity contribution in [2.45, 2.75) is 43.5 Å². The summed E-state index contributed by atoms with van der Waals surface area (Å²) in [5.74, 6) is 0. The first-order valence-electron chi connectivity index (χ1n) is 14.2. The molecule has 41 heavy (non-hydrogen) atoms. The molecule has 0 saturated heterocycles. The maximum absolute atomic E-state index is 13.9. The van der Waals surface area contributed by atoms with Crippen LogP contribution in [0.3, 0.4) is 0 Å². The molecule has 0 aliphatic carbocycles. The normalized spacial score (nSPS) is 12.5. The van der Waals surface area contributed by atoms with Crippen LogP contribution in [0.1, 0.15) is 33.6 Å². The molecule has 216 valence electrons. The standard InChI is InChI=1S/C34H41NO4SSi/c1-34(2,3)41(32-17-9-5-10-18-32,33-19-11-6-12-20-33)39-28-26-35(25-13-14-27-36)40(37,38)31-23-21-30(22-24-31)29-15-7-4-8-16-29/h4-12,15-24,36H,13-14,25-28H2,1-3H3. The Morgan fingerprint density at radius 1 is 0.683 bits per heavy atom. The molecule has 0 amide bonds. The summed E-state index contributed by atoms with van der Waals surface area (Å²) in [6.45, 7) is 7.45. The van der Waals surface area contributed by atoms with E-state index in [1.165, 1.54) is 4.31 Å². The predicted octanol–water partition coefficient (Wildman–Crippen LogP) is 5.69. The number of hydrogen-bond acceptors (Lipinski definition) is 4. The fraction of sp³-hybridized carbons (Fsp3) is 0.294. The maximum atomic E-state index is 13.9. The molecule has 0 radical (unpaired) electrons. The van der Waals surface area contributed by atoms with E-state index in [1.807, 2.05) is 78.9 Å². The molecule has 0 aromatic heterocycles. The SMILES string of the molecule is CC(C)(C)[Si](OCCN(CCCCO)S(=O)(=O)c1ccc(-c2ccccc2)cc1)(c1ccccc1)c1ccccc1. The van der Waals surface area contributed by atoms with Gasteiger partial charge in [-0.15, -0.1) is 0 Å². The smallest absolute Gasteiger partial charge is 0.261 e. The highest BCUT2D eigenvalue weighted by molar-refractivity contribution is 7.89. The van der Waals surface area contributed by atoms with Gasteiger partial charge in [0, 0.05) is 26.3 Å². The van der Waals surface area contributed by atoms with Crippen LogP contribution in [0.4, 0.5) is 0 Å². The van der Waals surface area contributed by atoms with Crippen molar-refractivity contribution in [2.24, 2.45) is 0 Å². The highest BCUT2D eigenvalue weighted by atomic mass is 32.2. The summed E-state index contributed by atoms with van der Waals surface area (Å²) in [7, 11) is -6.57. The number of benzene rings is 4. The molecule has 1 N–H and O–H groups in total. The van der Waals surface area contributed by atoms with Gasteiger partial charge in [0.2, 0.25) is 10.0 Å². The Kier molecular flexibility index (Phi) is 10.3. The Hall–Kier alpha value is -3.07. The summed E-state index contributed by atoms with van der Waals surface area (Å²) in [6, 6.07) is 37.7. The van der Waals surface area contributed by atoms with E-state index in [0.29, 0.717) is 19.4 Å². The minimum atomic E-state index is -3.78.